The van der Waals surface area contributed by atoms with Crippen LogP contribution in [0.4, 0.5) is 4.79 Å². The fraction of sp³-hybridized carbons (Fsp3) is 0.846. The molecule has 3 unspecified atom stereocenters. The monoisotopic (exact) mass is 286 g/mol. The van der Waals surface area contributed by atoms with Crippen molar-refractivity contribution in [2.24, 2.45) is 5.92 Å². The van der Waals surface area contributed by atoms with Crippen molar-refractivity contribution in [1.29, 1.82) is 0 Å². The van der Waals surface area contributed by atoms with Gasteiger partial charge in [-0.15, -0.1) is 0 Å². The summed E-state index contributed by atoms with van der Waals surface area (Å²) in [6, 6.07) is -1.01. The number of aliphatic hydroxyl groups excluding tert-OH is 1. The van der Waals surface area contributed by atoms with E-state index in [1.54, 1.807) is 4.90 Å². The number of carboxylic acid groups (broad SMARTS) is 1. The van der Waals surface area contributed by atoms with E-state index < -0.39 is 12.0 Å². The number of aliphatic carboxylic acids is 1. The second-order valence-electron chi connectivity index (χ2n) is 5.58. The number of hydrogen-bond donors (Lipinski definition) is 2. The van der Waals surface area contributed by atoms with Crippen LogP contribution in [0.3, 0.4) is 0 Å². The molecule has 0 aromatic carbocycles. The maximum Gasteiger partial charge on any atom is 0.326 e. The third-order valence-electron chi connectivity index (χ3n) is 4.01. The minimum absolute atomic E-state index is 0.136. The minimum atomic E-state index is -0.947. The van der Waals surface area contributed by atoms with E-state index in [0.717, 1.165) is 6.42 Å². The highest BCUT2D eigenvalue weighted by Crippen LogP contribution is 2.24. The van der Waals surface area contributed by atoms with E-state index in [-0.39, 0.29) is 18.7 Å². The van der Waals surface area contributed by atoms with Gasteiger partial charge < -0.3 is 24.7 Å². The Balaban J connectivity index is 2.04. The fourth-order valence-corrected chi connectivity index (χ4v) is 2.79. The van der Waals surface area contributed by atoms with E-state index in [0.29, 0.717) is 38.6 Å². The van der Waals surface area contributed by atoms with Gasteiger partial charge in [0.25, 0.3) is 0 Å². The summed E-state index contributed by atoms with van der Waals surface area (Å²) in [4.78, 5) is 26.9. The molecule has 2 fully saturated rings. The molecule has 0 spiro atoms. The van der Waals surface area contributed by atoms with Gasteiger partial charge in [0.2, 0.25) is 0 Å². The number of hydrogen-bond acceptors (Lipinski definition) is 4. The normalized spacial score (nSPS) is 31.2. The second kappa shape index (κ2) is 6.41. The average Bonchev–Trinajstić information content (AvgIpc) is 2.46. The molecule has 2 rings (SSSR count). The molecule has 114 valence electrons. The molecule has 7 heteroatoms. The number of aliphatic hydroxyl groups is 1. The first kappa shape index (κ1) is 15.1. The largest absolute Gasteiger partial charge is 0.480 e. The Labute approximate surface area is 118 Å². The number of likely N-dealkylation sites (tertiary alicyclic amines) is 1. The zero-order valence-corrected chi connectivity index (χ0v) is 11.7. The average molecular weight is 286 g/mol. The first-order valence-corrected chi connectivity index (χ1v) is 7.03. The zero-order chi connectivity index (χ0) is 14.7. The van der Waals surface area contributed by atoms with Gasteiger partial charge in [-0.2, -0.15) is 0 Å². The van der Waals surface area contributed by atoms with E-state index in [4.69, 9.17) is 9.84 Å². The lowest BCUT2D eigenvalue weighted by molar-refractivity contribution is -0.144. The summed E-state index contributed by atoms with van der Waals surface area (Å²) in [5.74, 6) is -0.633. The van der Waals surface area contributed by atoms with Gasteiger partial charge in [0, 0.05) is 13.1 Å². The number of carbonyl (C=O) groups excluding carboxylic acids is 1. The molecule has 2 heterocycles. The predicted octanol–water partition coefficient (Wildman–Crippen LogP) is -0.0154. The van der Waals surface area contributed by atoms with Crippen molar-refractivity contribution in [3.05, 3.63) is 0 Å². The Morgan fingerprint density at radius 2 is 2.10 bits per heavy atom. The molecule has 2 aliphatic heterocycles. The highest BCUT2D eigenvalue weighted by molar-refractivity contribution is 5.83. The lowest BCUT2D eigenvalue weighted by Crippen LogP contribution is -2.57. The van der Waals surface area contributed by atoms with Crippen LogP contribution in [0.1, 0.15) is 19.8 Å². The summed E-state index contributed by atoms with van der Waals surface area (Å²) in [5, 5.41) is 18.4. The van der Waals surface area contributed by atoms with Crippen molar-refractivity contribution in [3.63, 3.8) is 0 Å². The molecule has 0 aromatic heterocycles. The summed E-state index contributed by atoms with van der Waals surface area (Å²) < 4.78 is 5.31. The van der Waals surface area contributed by atoms with Crippen LogP contribution in [0.25, 0.3) is 0 Å². The predicted molar refractivity (Wildman–Crippen MR) is 70.3 cm³/mol. The van der Waals surface area contributed by atoms with Crippen molar-refractivity contribution >= 4 is 12.0 Å². The Bertz CT molecular complexity index is 376. The number of ether oxygens (including phenoxy) is 1. The highest BCUT2D eigenvalue weighted by Gasteiger charge is 2.37. The van der Waals surface area contributed by atoms with Crippen LogP contribution in [-0.4, -0.2) is 77.0 Å². The molecule has 0 aromatic rings. The number of morpholine rings is 1. The molecule has 20 heavy (non-hydrogen) atoms. The third-order valence-corrected chi connectivity index (χ3v) is 4.01. The number of piperidine rings is 1. The van der Waals surface area contributed by atoms with E-state index >= 15 is 0 Å². The molecule has 0 saturated carbocycles. The second-order valence-corrected chi connectivity index (χ2v) is 5.58. The molecule has 2 aliphatic rings. The Hall–Kier alpha value is -1.34. The lowest BCUT2D eigenvalue weighted by Gasteiger charge is -2.41. The van der Waals surface area contributed by atoms with Crippen LogP contribution in [0, 0.1) is 5.92 Å². The summed E-state index contributed by atoms with van der Waals surface area (Å²) in [6.07, 6.45) is 0.942. The van der Waals surface area contributed by atoms with Crippen molar-refractivity contribution in [2.75, 3.05) is 32.8 Å². The van der Waals surface area contributed by atoms with Gasteiger partial charge in [-0.1, -0.05) is 6.92 Å². The minimum Gasteiger partial charge on any atom is -0.480 e. The molecule has 0 aliphatic carbocycles. The Kier molecular flexibility index (Phi) is 4.82. The molecule has 0 bridgehead atoms. The first-order valence-electron chi connectivity index (χ1n) is 7.03. The molecule has 2 N–H and O–H groups in total. The summed E-state index contributed by atoms with van der Waals surface area (Å²) in [7, 11) is 0. The molecular formula is C13H22N2O5. The van der Waals surface area contributed by atoms with Crippen molar-refractivity contribution < 1.29 is 24.5 Å². The van der Waals surface area contributed by atoms with Crippen molar-refractivity contribution in [1.82, 2.24) is 9.80 Å². The summed E-state index contributed by atoms with van der Waals surface area (Å²) in [5.41, 5.74) is 0. The molecular weight excluding hydrogens is 264 g/mol. The molecule has 7 nitrogen and oxygen atoms in total. The van der Waals surface area contributed by atoms with Gasteiger partial charge in [0.15, 0.2) is 0 Å². The number of carboxylic acids is 1. The van der Waals surface area contributed by atoms with Crippen LogP contribution >= 0.6 is 0 Å². The topological polar surface area (TPSA) is 90.3 Å². The Morgan fingerprint density at radius 3 is 2.75 bits per heavy atom. The highest BCUT2D eigenvalue weighted by atomic mass is 16.5. The molecule has 3 atom stereocenters. The molecule has 0 radical (unpaired) electrons. The third kappa shape index (κ3) is 3.21. The van der Waals surface area contributed by atoms with E-state index in [2.05, 4.69) is 0 Å². The van der Waals surface area contributed by atoms with Crippen molar-refractivity contribution in [3.8, 4) is 0 Å². The lowest BCUT2D eigenvalue weighted by atomic mass is 9.92. The van der Waals surface area contributed by atoms with Gasteiger partial charge in [0.1, 0.15) is 6.04 Å². The number of nitrogens with zero attached hydrogens (tertiary/aromatic N) is 2. The smallest absolute Gasteiger partial charge is 0.326 e. The van der Waals surface area contributed by atoms with Gasteiger partial charge in [0.05, 0.1) is 25.9 Å². The maximum absolute atomic E-state index is 12.5. The Morgan fingerprint density at radius 1 is 1.35 bits per heavy atom. The van der Waals surface area contributed by atoms with Gasteiger partial charge in [-0.25, -0.2) is 9.59 Å². The number of amides is 2. The first-order chi connectivity index (χ1) is 9.52. The van der Waals surface area contributed by atoms with Crippen molar-refractivity contribution in [2.45, 2.75) is 31.9 Å². The van der Waals surface area contributed by atoms with Crippen LogP contribution in [0.15, 0.2) is 0 Å². The van der Waals surface area contributed by atoms with E-state index in [9.17, 15) is 14.7 Å². The van der Waals surface area contributed by atoms with Crippen LogP contribution < -0.4 is 0 Å². The molecule has 2 amide bonds. The van der Waals surface area contributed by atoms with Gasteiger partial charge in [-0.05, 0) is 18.8 Å². The van der Waals surface area contributed by atoms with Crippen LogP contribution in [-0.2, 0) is 9.53 Å². The quantitative estimate of drug-likeness (QED) is 0.745. The standard InChI is InChI=1S/C13H22N2O5/c1-9-2-3-15(11(6-9)12(17)18)13(19)14-4-5-20-10(7-14)8-16/h9-11,16H,2-8H2,1H3,(H,17,18). The van der Waals surface area contributed by atoms with Gasteiger partial charge in [-0.3, -0.25) is 0 Å². The van der Waals surface area contributed by atoms with E-state index in [1.165, 1.54) is 4.90 Å². The fourth-order valence-electron chi connectivity index (χ4n) is 2.79. The zero-order valence-electron chi connectivity index (χ0n) is 11.7. The maximum atomic E-state index is 12.5. The number of carbonyl (C=O) groups is 2. The summed E-state index contributed by atoms with van der Waals surface area (Å²) >= 11 is 0. The van der Waals surface area contributed by atoms with Crippen LogP contribution in [0.2, 0.25) is 0 Å². The number of urea groups is 1. The van der Waals surface area contributed by atoms with Gasteiger partial charge >= 0.3 is 12.0 Å². The number of rotatable bonds is 2. The van der Waals surface area contributed by atoms with E-state index in [1.807, 2.05) is 6.92 Å². The summed E-state index contributed by atoms with van der Waals surface area (Å²) in [6.45, 7) is 3.47. The van der Waals surface area contributed by atoms with Crippen LogP contribution in [0.5, 0.6) is 0 Å². The molecule has 2 saturated heterocycles. The SMILES string of the molecule is CC1CCN(C(=O)N2CCOC(CO)C2)C(C(=O)O)C1.